The van der Waals surface area contributed by atoms with Crippen molar-refractivity contribution < 1.29 is 9.90 Å². The van der Waals surface area contributed by atoms with Crippen LogP contribution in [-0.2, 0) is 11.3 Å². The molecule has 0 bridgehead atoms. The summed E-state index contributed by atoms with van der Waals surface area (Å²) in [6.07, 6.45) is 3.44. The lowest BCUT2D eigenvalue weighted by atomic mass is 9.96. The molecule has 1 aromatic carbocycles. The van der Waals surface area contributed by atoms with Gasteiger partial charge >= 0.3 is 5.97 Å². The largest absolute Gasteiger partial charge is 0.481 e. The van der Waals surface area contributed by atoms with Crippen molar-refractivity contribution in [1.82, 2.24) is 9.88 Å². The first-order valence-electron chi connectivity index (χ1n) is 8.87. The first-order valence-corrected chi connectivity index (χ1v) is 8.87. The molecule has 0 saturated carbocycles. The van der Waals surface area contributed by atoms with Gasteiger partial charge in [-0.05, 0) is 30.2 Å². The molecule has 137 valence electrons. The van der Waals surface area contributed by atoms with Crippen molar-refractivity contribution in [3.63, 3.8) is 0 Å². The monoisotopic (exact) mass is 353 g/mol. The fourth-order valence-electron chi connectivity index (χ4n) is 3.44. The number of carboxylic acid groups (broad SMARTS) is 1. The third kappa shape index (κ3) is 4.14. The molecule has 3 N–H and O–H groups in total. The molecule has 6 nitrogen and oxygen atoms in total. The number of aromatic nitrogens is 1. The molecule has 2 heterocycles. The van der Waals surface area contributed by atoms with E-state index in [2.05, 4.69) is 20.9 Å². The van der Waals surface area contributed by atoms with E-state index in [1.165, 1.54) is 5.56 Å². The Hall–Kier alpha value is -2.60. The summed E-state index contributed by atoms with van der Waals surface area (Å²) in [7, 11) is 0. The molecule has 1 fully saturated rings. The molecule has 0 spiro atoms. The number of hydrogen-bond donors (Lipinski definition) is 2. The molecule has 1 aliphatic heterocycles. The summed E-state index contributed by atoms with van der Waals surface area (Å²) < 4.78 is 0. The van der Waals surface area contributed by atoms with Crippen molar-refractivity contribution in [2.75, 3.05) is 36.8 Å². The van der Waals surface area contributed by atoms with E-state index in [-0.39, 0.29) is 0 Å². The van der Waals surface area contributed by atoms with Gasteiger partial charge in [0.1, 0.15) is 5.82 Å². The van der Waals surface area contributed by atoms with Gasteiger partial charge in [0, 0.05) is 50.2 Å². The number of nitrogen functional groups attached to an aromatic ring is 1. The van der Waals surface area contributed by atoms with Gasteiger partial charge in [0.15, 0.2) is 0 Å². The molecule has 1 aliphatic rings. The fourth-order valence-corrected chi connectivity index (χ4v) is 3.44. The Morgan fingerprint density at radius 2 is 2.04 bits per heavy atom. The number of rotatable bonds is 6. The second-order valence-corrected chi connectivity index (χ2v) is 6.57. The molecule has 26 heavy (non-hydrogen) atoms. The summed E-state index contributed by atoms with van der Waals surface area (Å²) in [6.45, 7) is 6.09. The smallest absolute Gasteiger partial charge is 0.311 e. The summed E-state index contributed by atoms with van der Waals surface area (Å²) in [5.41, 5.74) is 8.61. The minimum atomic E-state index is -0.845. The van der Waals surface area contributed by atoms with Crippen molar-refractivity contribution in [1.29, 1.82) is 0 Å². The topological polar surface area (TPSA) is 82.7 Å². The van der Waals surface area contributed by atoms with Crippen molar-refractivity contribution in [2.24, 2.45) is 0 Å². The average Bonchev–Trinajstić information content (AvgIpc) is 2.63. The van der Waals surface area contributed by atoms with Crippen LogP contribution in [0.4, 0.5) is 11.5 Å². The van der Waals surface area contributed by atoms with Gasteiger partial charge < -0.3 is 15.7 Å². The Labute approximate surface area is 154 Å². The second-order valence-electron chi connectivity index (χ2n) is 6.57. The summed E-state index contributed by atoms with van der Waals surface area (Å²) in [4.78, 5) is 20.6. The average molecular weight is 353 g/mol. The first kappa shape index (κ1) is 18.2. The normalized spacial score (nSPS) is 16.4. The number of carbonyl (C=O) groups is 1. The number of anilines is 2. The van der Waals surface area contributed by atoms with Gasteiger partial charge in [-0.2, -0.15) is 0 Å². The Kier molecular flexibility index (Phi) is 5.73. The zero-order valence-corrected chi connectivity index (χ0v) is 15.0. The standard InChI is InChI=1S/C20H25N4O2/c1-2-17(20(25)26)18-7-4-8-22-19(18)24-11-9-23(10-12-24)14-15-5-3-6-16(21)13-15/h2-8,13,17H,9-12,14,21H2,1H3,(H,25,26). The molecule has 0 amide bonds. The second kappa shape index (κ2) is 8.19. The van der Waals surface area contributed by atoms with E-state index in [1.807, 2.05) is 24.3 Å². The van der Waals surface area contributed by atoms with Crippen LogP contribution in [0.1, 0.15) is 24.0 Å². The Bertz CT molecular complexity index is 757. The van der Waals surface area contributed by atoms with Crippen molar-refractivity contribution in [3.05, 3.63) is 60.1 Å². The zero-order chi connectivity index (χ0) is 18.5. The van der Waals surface area contributed by atoms with Gasteiger partial charge in [-0.3, -0.25) is 9.69 Å². The third-order valence-electron chi connectivity index (χ3n) is 4.78. The van der Waals surface area contributed by atoms with Gasteiger partial charge in [-0.25, -0.2) is 4.98 Å². The number of pyridine rings is 1. The van der Waals surface area contributed by atoms with E-state index in [9.17, 15) is 9.90 Å². The van der Waals surface area contributed by atoms with Gasteiger partial charge in [-0.15, -0.1) is 0 Å². The summed E-state index contributed by atoms with van der Waals surface area (Å²) in [5, 5.41) is 9.48. The Balaban J connectivity index is 1.68. The highest BCUT2D eigenvalue weighted by Gasteiger charge is 2.26. The quantitative estimate of drug-likeness (QED) is 0.776. The van der Waals surface area contributed by atoms with Crippen LogP contribution in [0.25, 0.3) is 0 Å². The van der Waals surface area contributed by atoms with Crippen LogP contribution in [0, 0.1) is 6.42 Å². The van der Waals surface area contributed by atoms with E-state index in [1.54, 1.807) is 25.6 Å². The highest BCUT2D eigenvalue weighted by Crippen LogP contribution is 2.28. The fraction of sp³-hybridized carbons (Fsp3) is 0.350. The molecule has 1 unspecified atom stereocenters. The van der Waals surface area contributed by atoms with Gasteiger partial charge in [0.05, 0.1) is 5.92 Å². The van der Waals surface area contributed by atoms with E-state index in [4.69, 9.17) is 5.73 Å². The highest BCUT2D eigenvalue weighted by molar-refractivity contribution is 5.80. The summed E-state index contributed by atoms with van der Waals surface area (Å²) >= 11 is 0. The van der Waals surface area contributed by atoms with Crippen LogP contribution in [-0.4, -0.2) is 47.1 Å². The Morgan fingerprint density at radius 1 is 1.27 bits per heavy atom. The van der Waals surface area contributed by atoms with Gasteiger partial charge in [0.2, 0.25) is 0 Å². The van der Waals surface area contributed by atoms with E-state index in [0.29, 0.717) is 0 Å². The maximum atomic E-state index is 11.6. The lowest BCUT2D eigenvalue weighted by Gasteiger charge is -2.36. The molecule has 2 aromatic rings. The van der Waals surface area contributed by atoms with Gasteiger partial charge in [0.25, 0.3) is 0 Å². The van der Waals surface area contributed by atoms with Crippen LogP contribution in [0.2, 0.25) is 0 Å². The predicted molar refractivity (Wildman–Crippen MR) is 103 cm³/mol. The number of nitrogens with zero attached hydrogens (tertiary/aromatic N) is 3. The van der Waals surface area contributed by atoms with Gasteiger partial charge in [-0.1, -0.05) is 25.1 Å². The number of aliphatic carboxylic acids is 1. The minimum absolute atomic E-state index is 0.635. The molecule has 6 heteroatoms. The molecule has 0 aliphatic carbocycles. The van der Waals surface area contributed by atoms with Crippen LogP contribution >= 0.6 is 0 Å². The summed E-state index contributed by atoms with van der Waals surface area (Å²) in [5.74, 6) is -0.701. The summed E-state index contributed by atoms with van der Waals surface area (Å²) in [6, 6.07) is 11.6. The molecule has 1 radical (unpaired) electrons. The maximum Gasteiger partial charge on any atom is 0.311 e. The number of hydrogen-bond acceptors (Lipinski definition) is 5. The van der Waals surface area contributed by atoms with Crippen molar-refractivity contribution >= 4 is 17.5 Å². The number of benzene rings is 1. The number of nitrogens with two attached hydrogens (primary N) is 1. The third-order valence-corrected chi connectivity index (χ3v) is 4.78. The van der Waals surface area contributed by atoms with E-state index in [0.717, 1.165) is 49.8 Å². The molecule has 1 saturated heterocycles. The Morgan fingerprint density at radius 3 is 2.69 bits per heavy atom. The van der Waals surface area contributed by atoms with Crippen LogP contribution in [0.3, 0.4) is 0 Å². The molecular weight excluding hydrogens is 328 g/mol. The molecular formula is C20H25N4O2. The van der Waals surface area contributed by atoms with Crippen LogP contribution in [0.15, 0.2) is 42.6 Å². The van der Waals surface area contributed by atoms with Crippen LogP contribution < -0.4 is 10.6 Å². The first-order chi connectivity index (χ1) is 12.6. The minimum Gasteiger partial charge on any atom is -0.481 e. The van der Waals surface area contributed by atoms with E-state index >= 15 is 0 Å². The van der Waals surface area contributed by atoms with E-state index < -0.39 is 11.9 Å². The lowest BCUT2D eigenvalue weighted by molar-refractivity contribution is -0.137. The number of carboxylic acids is 1. The van der Waals surface area contributed by atoms with Crippen LogP contribution in [0.5, 0.6) is 0 Å². The van der Waals surface area contributed by atoms with Crippen molar-refractivity contribution in [3.8, 4) is 0 Å². The molecule has 3 rings (SSSR count). The number of piperazine rings is 1. The SMILES string of the molecule is C[CH]C(C(=O)O)c1cccnc1N1CCN(Cc2cccc(N)c2)CC1. The lowest BCUT2D eigenvalue weighted by Crippen LogP contribution is -2.46. The van der Waals surface area contributed by atoms with Crippen molar-refractivity contribution in [2.45, 2.75) is 19.4 Å². The predicted octanol–water partition coefficient (Wildman–Crippen LogP) is 2.38. The molecule has 1 aromatic heterocycles. The maximum absolute atomic E-state index is 11.6. The highest BCUT2D eigenvalue weighted by atomic mass is 16.4. The molecule has 1 atom stereocenters. The zero-order valence-electron chi connectivity index (χ0n) is 15.0.